The lowest BCUT2D eigenvalue weighted by Crippen LogP contribution is -2.35. The van der Waals surface area contributed by atoms with E-state index in [0.29, 0.717) is 0 Å². The molecule has 0 aromatic heterocycles. The lowest BCUT2D eigenvalue weighted by atomic mass is 10.2. The van der Waals surface area contributed by atoms with Gasteiger partial charge in [-0.1, -0.05) is 60.7 Å². The first-order valence-electron chi connectivity index (χ1n) is 8.13. The van der Waals surface area contributed by atoms with Crippen LogP contribution in [0.15, 0.2) is 60.7 Å². The third kappa shape index (κ3) is 4.38. The molecule has 2 aromatic rings. The second-order valence-corrected chi connectivity index (χ2v) is 5.75. The molecule has 1 saturated heterocycles. The highest BCUT2D eigenvalue weighted by molar-refractivity contribution is 5.96. The molecular weight excluding hydrogens is 336 g/mol. The number of benzene rings is 2. The summed E-state index contributed by atoms with van der Waals surface area (Å²) in [5, 5.41) is 2.43. The Bertz CT molecular complexity index is 779. The molecule has 0 aliphatic carbocycles. The van der Waals surface area contributed by atoms with Gasteiger partial charge in [0.1, 0.15) is 19.3 Å². The molecule has 1 fully saturated rings. The first-order valence-corrected chi connectivity index (χ1v) is 8.13. The van der Waals surface area contributed by atoms with E-state index >= 15 is 0 Å². The summed E-state index contributed by atoms with van der Waals surface area (Å²) in [5.74, 6) is -0.597. The van der Waals surface area contributed by atoms with Gasteiger partial charge in [-0.05, 0) is 11.1 Å². The number of nitrogens with one attached hydrogen (secondary N) is 1. The van der Waals surface area contributed by atoms with Gasteiger partial charge in [0.05, 0.1) is 6.54 Å². The van der Waals surface area contributed by atoms with Gasteiger partial charge in [-0.2, -0.15) is 0 Å². The highest BCUT2D eigenvalue weighted by Crippen LogP contribution is 2.11. The maximum absolute atomic E-state index is 12.1. The molecular formula is C19H18N2O5. The summed E-state index contributed by atoms with van der Waals surface area (Å²) in [4.78, 5) is 36.9. The van der Waals surface area contributed by atoms with E-state index in [0.717, 1.165) is 16.0 Å². The zero-order valence-corrected chi connectivity index (χ0v) is 14.0. The average Bonchev–Trinajstić information content (AvgIpc) is 3.08. The van der Waals surface area contributed by atoms with Crippen molar-refractivity contribution in [1.29, 1.82) is 0 Å². The zero-order chi connectivity index (χ0) is 18.4. The maximum atomic E-state index is 12.1. The van der Waals surface area contributed by atoms with Gasteiger partial charge < -0.3 is 14.8 Å². The van der Waals surface area contributed by atoms with Crippen LogP contribution in [0, 0.1) is 0 Å². The van der Waals surface area contributed by atoms with Crippen molar-refractivity contribution in [1.82, 2.24) is 10.2 Å². The molecule has 7 heteroatoms. The molecule has 0 spiro atoms. The van der Waals surface area contributed by atoms with E-state index in [1.807, 2.05) is 48.5 Å². The Labute approximate surface area is 150 Å². The lowest BCUT2D eigenvalue weighted by Gasteiger charge is -2.13. The Kier molecular flexibility index (Phi) is 5.48. The molecule has 7 nitrogen and oxygen atoms in total. The molecule has 1 heterocycles. The highest BCUT2D eigenvalue weighted by Gasteiger charge is 2.39. The van der Waals surface area contributed by atoms with Gasteiger partial charge in [0.2, 0.25) is 0 Å². The second-order valence-electron chi connectivity index (χ2n) is 5.75. The summed E-state index contributed by atoms with van der Waals surface area (Å²) in [6, 6.07) is 16.7. The van der Waals surface area contributed by atoms with Crippen LogP contribution in [0.2, 0.25) is 0 Å². The minimum atomic E-state index is -0.907. The summed E-state index contributed by atoms with van der Waals surface area (Å²) in [5.41, 5.74) is 1.64. The van der Waals surface area contributed by atoms with Crippen molar-refractivity contribution in [2.45, 2.75) is 19.3 Å². The van der Waals surface area contributed by atoms with Crippen molar-refractivity contribution in [2.75, 3.05) is 6.54 Å². The van der Waals surface area contributed by atoms with Gasteiger partial charge in [0, 0.05) is 0 Å². The molecule has 1 aliphatic rings. The SMILES string of the molecule is O=C(OCc1ccccc1)C1CN(C(=O)OCc2ccccc2)C(=O)N1. The predicted octanol–water partition coefficient (Wildman–Crippen LogP) is 2.46. The summed E-state index contributed by atoms with van der Waals surface area (Å²) in [6.45, 7) is 0.0250. The number of urea groups is 1. The van der Waals surface area contributed by atoms with Crippen LogP contribution >= 0.6 is 0 Å². The molecule has 3 rings (SSSR count). The van der Waals surface area contributed by atoms with Crippen molar-refractivity contribution in [2.24, 2.45) is 0 Å². The molecule has 26 heavy (non-hydrogen) atoms. The Morgan fingerprint density at radius 1 is 0.923 bits per heavy atom. The molecule has 1 atom stereocenters. The summed E-state index contributed by atoms with van der Waals surface area (Å²) in [7, 11) is 0. The smallest absolute Gasteiger partial charge is 0.418 e. The van der Waals surface area contributed by atoms with E-state index in [1.165, 1.54) is 0 Å². The van der Waals surface area contributed by atoms with Gasteiger partial charge in [0.15, 0.2) is 0 Å². The van der Waals surface area contributed by atoms with Crippen molar-refractivity contribution in [3.8, 4) is 0 Å². The Morgan fingerprint density at radius 2 is 1.46 bits per heavy atom. The van der Waals surface area contributed by atoms with Crippen LogP contribution in [-0.2, 0) is 27.5 Å². The number of nitrogens with zero attached hydrogens (tertiary/aromatic N) is 1. The highest BCUT2D eigenvalue weighted by atomic mass is 16.6. The van der Waals surface area contributed by atoms with Crippen LogP contribution in [0.4, 0.5) is 9.59 Å². The fourth-order valence-corrected chi connectivity index (χ4v) is 2.46. The fraction of sp³-hybridized carbons (Fsp3) is 0.211. The molecule has 1 unspecified atom stereocenters. The van der Waals surface area contributed by atoms with Crippen LogP contribution in [0.5, 0.6) is 0 Å². The number of hydrogen-bond acceptors (Lipinski definition) is 5. The lowest BCUT2D eigenvalue weighted by molar-refractivity contribution is -0.146. The van der Waals surface area contributed by atoms with Crippen LogP contribution < -0.4 is 5.32 Å². The van der Waals surface area contributed by atoms with Crippen LogP contribution in [0.3, 0.4) is 0 Å². The summed E-state index contributed by atoms with van der Waals surface area (Å²) < 4.78 is 10.3. The number of carbonyl (C=O) groups is 3. The van der Waals surface area contributed by atoms with E-state index in [1.54, 1.807) is 12.1 Å². The molecule has 134 valence electrons. The topological polar surface area (TPSA) is 84.9 Å². The predicted molar refractivity (Wildman–Crippen MR) is 91.9 cm³/mol. The number of rotatable bonds is 5. The van der Waals surface area contributed by atoms with Crippen molar-refractivity contribution in [3.05, 3.63) is 71.8 Å². The number of imide groups is 1. The van der Waals surface area contributed by atoms with Gasteiger partial charge >= 0.3 is 18.1 Å². The van der Waals surface area contributed by atoms with Gasteiger partial charge in [-0.25, -0.2) is 19.3 Å². The Hall–Kier alpha value is -3.35. The minimum Gasteiger partial charge on any atom is -0.459 e. The number of ether oxygens (including phenoxy) is 2. The molecule has 3 amide bonds. The molecule has 0 bridgehead atoms. The van der Waals surface area contributed by atoms with Gasteiger partial charge in [0.25, 0.3) is 0 Å². The third-order valence-corrected chi connectivity index (χ3v) is 3.84. The quantitative estimate of drug-likeness (QED) is 0.834. The molecule has 2 aromatic carbocycles. The molecule has 1 aliphatic heterocycles. The molecule has 0 saturated carbocycles. The van der Waals surface area contributed by atoms with E-state index < -0.39 is 24.1 Å². The Morgan fingerprint density at radius 3 is 2.04 bits per heavy atom. The standard InChI is InChI=1S/C19H18N2O5/c22-17(25-12-14-7-3-1-4-8-14)16-11-21(18(23)20-16)19(24)26-13-15-9-5-2-6-10-15/h1-10,16H,11-13H2,(H,20,23). The Balaban J connectivity index is 1.49. The van der Waals surface area contributed by atoms with Crippen molar-refractivity contribution >= 4 is 18.1 Å². The average molecular weight is 354 g/mol. The largest absolute Gasteiger partial charge is 0.459 e. The first-order chi connectivity index (χ1) is 12.6. The van der Waals surface area contributed by atoms with Crippen molar-refractivity contribution in [3.63, 3.8) is 0 Å². The van der Waals surface area contributed by atoms with E-state index in [2.05, 4.69) is 5.32 Å². The minimum absolute atomic E-state index is 0.0482. The van der Waals surface area contributed by atoms with E-state index in [4.69, 9.17) is 9.47 Å². The van der Waals surface area contributed by atoms with Crippen LogP contribution in [-0.4, -0.2) is 35.6 Å². The zero-order valence-electron chi connectivity index (χ0n) is 14.0. The van der Waals surface area contributed by atoms with Crippen molar-refractivity contribution < 1.29 is 23.9 Å². The normalized spacial score (nSPS) is 16.1. The number of amides is 3. The molecule has 1 N–H and O–H groups in total. The number of esters is 1. The summed E-state index contributed by atoms with van der Waals surface area (Å²) in [6.07, 6.45) is -0.801. The van der Waals surface area contributed by atoms with Gasteiger partial charge in [-0.15, -0.1) is 0 Å². The number of carbonyl (C=O) groups excluding carboxylic acids is 3. The monoisotopic (exact) mass is 354 g/mol. The maximum Gasteiger partial charge on any atom is 0.418 e. The fourth-order valence-electron chi connectivity index (χ4n) is 2.46. The van der Waals surface area contributed by atoms with E-state index in [-0.39, 0.29) is 19.8 Å². The van der Waals surface area contributed by atoms with Crippen LogP contribution in [0.25, 0.3) is 0 Å². The van der Waals surface area contributed by atoms with Crippen LogP contribution in [0.1, 0.15) is 11.1 Å². The van der Waals surface area contributed by atoms with Gasteiger partial charge in [-0.3, -0.25) is 0 Å². The van der Waals surface area contributed by atoms with E-state index in [9.17, 15) is 14.4 Å². The molecule has 0 radical (unpaired) electrons. The number of hydrogen-bond donors (Lipinski definition) is 1. The second kappa shape index (κ2) is 8.15. The third-order valence-electron chi connectivity index (χ3n) is 3.84. The first kappa shape index (κ1) is 17.5. The summed E-state index contributed by atoms with van der Waals surface area (Å²) >= 11 is 0.